The third-order valence-corrected chi connectivity index (χ3v) is 3.88. The van der Waals surface area contributed by atoms with Gasteiger partial charge in [0.15, 0.2) is 0 Å². The van der Waals surface area contributed by atoms with E-state index in [2.05, 4.69) is 21.8 Å². The zero-order valence-corrected chi connectivity index (χ0v) is 11.4. The Kier molecular flexibility index (Phi) is 3.69. The van der Waals surface area contributed by atoms with Gasteiger partial charge in [-0.25, -0.2) is 4.98 Å². The largest absolute Gasteiger partial charge is 0.468 e. The van der Waals surface area contributed by atoms with Crippen molar-refractivity contribution in [1.82, 2.24) is 14.9 Å². The highest BCUT2D eigenvalue weighted by molar-refractivity contribution is 5.16. The van der Waals surface area contributed by atoms with E-state index in [4.69, 9.17) is 4.42 Å². The third-order valence-electron chi connectivity index (χ3n) is 3.88. The lowest BCUT2D eigenvalue weighted by Crippen LogP contribution is -2.23. The van der Waals surface area contributed by atoms with Gasteiger partial charge < -0.3 is 14.3 Å². The molecule has 1 atom stereocenters. The monoisotopic (exact) mass is 259 g/mol. The van der Waals surface area contributed by atoms with E-state index in [0.717, 1.165) is 25.3 Å². The van der Waals surface area contributed by atoms with Crippen molar-refractivity contribution in [3.63, 3.8) is 0 Å². The first-order valence-electron chi connectivity index (χ1n) is 7.14. The standard InChI is InChI=1S/C15H21N3O/c1-12(15-7-4-10-19-15)16-8-9-18-11-17-13-5-2-3-6-14(13)18/h4,7,10-12,16H,2-3,5-6,8-9H2,1H3. The molecule has 0 bridgehead atoms. The van der Waals surface area contributed by atoms with Crippen molar-refractivity contribution in [1.29, 1.82) is 0 Å². The van der Waals surface area contributed by atoms with Gasteiger partial charge in [0.1, 0.15) is 5.76 Å². The van der Waals surface area contributed by atoms with E-state index >= 15 is 0 Å². The number of hydrogen-bond donors (Lipinski definition) is 1. The average molecular weight is 259 g/mol. The van der Waals surface area contributed by atoms with Gasteiger partial charge in [-0.3, -0.25) is 0 Å². The summed E-state index contributed by atoms with van der Waals surface area (Å²) < 4.78 is 7.69. The second-order valence-corrected chi connectivity index (χ2v) is 5.23. The summed E-state index contributed by atoms with van der Waals surface area (Å²) in [5.74, 6) is 0.993. The predicted octanol–water partition coefficient (Wildman–Crippen LogP) is 2.71. The molecule has 1 N–H and O–H groups in total. The lowest BCUT2D eigenvalue weighted by molar-refractivity contribution is 0.421. The molecule has 2 aromatic rings. The van der Waals surface area contributed by atoms with Crippen LogP contribution in [0.4, 0.5) is 0 Å². The van der Waals surface area contributed by atoms with Crippen molar-refractivity contribution in [2.75, 3.05) is 6.54 Å². The number of imidazole rings is 1. The average Bonchev–Trinajstić information content (AvgIpc) is 3.08. The minimum Gasteiger partial charge on any atom is -0.468 e. The molecule has 1 aliphatic carbocycles. The number of aromatic nitrogens is 2. The predicted molar refractivity (Wildman–Crippen MR) is 74.0 cm³/mol. The van der Waals surface area contributed by atoms with Gasteiger partial charge in [0.2, 0.25) is 0 Å². The molecule has 0 fully saturated rings. The molecule has 102 valence electrons. The zero-order valence-electron chi connectivity index (χ0n) is 11.4. The molecule has 0 saturated carbocycles. The van der Waals surface area contributed by atoms with E-state index in [1.54, 1.807) is 6.26 Å². The van der Waals surface area contributed by atoms with Crippen LogP contribution in [0.3, 0.4) is 0 Å². The minimum absolute atomic E-state index is 0.259. The number of furan rings is 1. The van der Waals surface area contributed by atoms with E-state index < -0.39 is 0 Å². The van der Waals surface area contributed by atoms with Gasteiger partial charge in [-0.05, 0) is 44.7 Å². The maximum absolute atomic E-state index is 5.39. The number of fused-ring (bicyclic) bond motifs is 1. The number of aryl methyl sites for hydroxylation is 1. The van der Waals surface area contributed by atoms with Crippen LogP contribution < -0.4 is 5.32 Å². The van der Waals surface area contributed by atoms with E-state index in [9.17, 15) is 0 Å². The molecule has 0 amide bonds. The van der Waals surface area contributed by atoms with Crippen LogP contribution in [0.15, 0.2) is 29.1 Å². The van der Waals surface area contributed by atoms with Gasteiger partial charge in [0.05, 0.1) is 24.3 Å². The van der Waals surface area contributed by atoms with Gasteiger partial charge in [0.25, 0.3) is 0 Å². The second kappa shape index (κ2) is 5.61. The summed E-state index contributed by atoms with van der Waals surface area (Å²) >= 11 is 0. The van der Waals surface area contributed by atoms with Crippen molar-refractivity contribution in [3.8, 4) is 0 Å². The topological polar surface area (TPSA) is 43.0 Å². The molecule has 19 heavy (non-hydrogen) atoms. The maximum atomic E-state index is 5.39. The Morgan fingerprint density at radius 3 is 3.16 bits per heavy atom. The smallest absolute Gasteiger partial charge is 0.120 e. The van der Waals surface area contributed by atoms with Crippen molar-refractivity contribution >= 4 is 0 Å². The molecule has 2 aromatic heterocycles. The van der Waals surface area contributed by atoms with Crippen molar-refractivity contribution in [2.24, 2.45) is 0 Å². The van der Waals surface area contributed by atoms with Crippen LogP contribution in [0.2, 0.25) is 0 Å². The first-order chi connectivity index (χ1) is 9.34. The highest BCUT2D eigenvalue weighted by Crippen LogP contribution is 2.19. The van der Waals surface area contributed by atoms with Gasteiger partial charge >= 0.3 is 0 Å². The molecule has 1 unspecified atom stereocenters. The Balaban J connectivity index is 1.54. The SMILES string of the molecule is CC(NCCn1cnc2c1CCCC2)c1ccco1. The van der Waals surface area contributed by atoms with Crippen molar-refractivity contribution in [3.05, 3.63) is 41.9 Å². The van der Waals surface area contributed by atoms with Crippen LogP contribution in [0.25, 0.3) is 0 Å². The van der Waals surface area contributed by atoms with E-state index in [1.807, 2.05) is 18.5 Å². The number of hydrogen-bond acceptors (Lipinski definition) is 3. The molecular formula is C15H21N3O. The second-order valence-electron chi connectivity index (χ2n) is 5.23. The number of nitrogens with zero attached hydrogens (tertiary/aromatic N) is 2. The number of rotatable bonds is 5. The first-order valence-corrected chi connectivity index (χ1v) is 7.14. The van der Waals surface area contributed by atoms with Crippen LogP contribution in [-0.4, -0.2) is 16.1 Å². The Hall–Kier alpha value is -1.55. The van der Waals surface area contributed by atoms with E-state index in [0.29, 0.717) is 0 Å². The Morgan fingerprint density at radius 2 is 2.32 bits per heavy atom. The van der Waals surface area contributed by atoms with Crippen LogP contribution in [0.1, 0.15) is 43.0 Å². The highest BCUT2D eigenvalue weighted by atomic mass is 16.3. The molecule has 4 nitrogen and oxygen atoms in total. The molecule has 0 aliphatic heterocycles. The fourth-order valence-electron chi connectivity index (χ4n) is 2.76. The summed E-state index contributed by atoms with van der Waals surface area (Å²) in [7, 11) is 0. The molecule has 0 aromatic carbocycles. The Bertz CT molecular complexity index is 515. The Morgan fingerprint density at radius 1 is 1.42 bits per heavy atom. The van der Waals surface area contributed by atoms with Crippen molar-refractivity contribution < 1.29 is 4.42 Å². The lowest BCUT2D eigenvalue weighted by atomic mass is 10.0. The molecule has 4 heteroatoms. The number of nitrogens with one attached hydrogen (secondary N) is 1. The van der Waals surface area contributed by atoms with Crippen LogP contribution in [0.5, 0.6) is 0 Å². The highest BCUT2D eigenvalue weighted by Gasteiger charge is 2.15. The van der Waals surface area contributed by atoms with Gasteiger partial charge in [-0.2, -0.15) is 0 Å². The van der Waals surface area contributed by atoms with Crippen molar-refractivity contribution in [2.45, 2.75) is 45.2 Å². The molecule has 0 radical (unpaired) electrons. The van der Waals surface area contributed by atoms with Gasteiger partial charge in [0, 0.05) is 18.8 Å². The van der Waals surface area contributed by atoms with E-state index in [-0.39, 0.29) is 6.04 Å². The fourth-order valence-corrected chi connectivity index (χ4v) is 2.76. The molecule has 2 heterocycles. The summed E-state index contributed by atoms with van der Waals surface area (Å²) in [6.07, 6.45) is 8.64. The third kappa shape index (κ3) is 2.73. The summed E-state index contributed by atoms with van der Waals surface area (Å²) in [4.78, 5) is 4.52. The molecule has 1 aliphatic rings. The fraction of sp³-hybridized carbons (Fsp3) is 0.533. The molecule has 0 spiro atoms. The first kappa shape index (κ1) is 12.5. The quantitative estimate of drug-likeness (QED) is 0.897. The molecule has 0 saturated heterocycles. The zero-order chi connectivity index (χ0) is 13.1. The van der Waals surface area contributed by atoms with Crippen LogP contribution >= 0.6 is 0 Å². The van der Waals surface area contributed by atoms with Crippen LogP contribution in [0, 0.1) is 0 Å². The van der Waals surface area contributed by atoms with Crippen LogP contribution in [-0.2, 0) is 19.4 Å². The maximum Gasteiger partial charge on any atom is 0.120 e. The normalized spacial score (nSPS) is 16.3. The molecular weight excluding hydrogens is 238 g/mol. The van der Waals surface area contributed by atoms with Gasteiger partial charge in [-0.15, -0.1) is 0 Å². The summed E-state index contributed by atoms with van der Waals surface area (Å²) in [6, 6.07) is 4.20. The summed E-state index contributed by atoms with van der Waals surface area (Å²) in [5.41, 5.74) is 2.75. The van der Waals surface area contributed by atoms with Gasteiger partial charge in [-0.1, -0.05) is 0 Å². The molecule has 3 rings (SSSR count). The Labute approximate surface area is 113 Å². The van der Waals surface area contributed by atoms with E-state index in [1.165, 1.54) is 30.7 Å². The minimum atomic E-state index is 0.259. The lowest BCUT2D eigenvalue weighted by Gasteiger charge is -2.15. The summed E-state index contributed by atoms with van der Waals surface area (Å²) in [6.45, 7) is 4.04. The summed E-state index contributed by atoms with van der Waals surface area (Å²) in [5, 5.41) is 3.49.